The van der Waals surface area contributed by atoms with Crippen molar-refractivity contribution in [3.63, 3.8) is 0 Å². The Labute approximate surface area is 194 Å². The van der Waals surface area contributed by atoms with Crippen molar-refractivity contribution in [3.05, 3.63) is 51.8 Å². The molecule has 0 heterocycles. The molecule has 1 aromatic carbocycles. The quantitative estimate of drug-likeness (QED) is 0.313. The van der Waals surface area contributed by atoms with E-state index in [4.69, 9.17) is 11.0 Å². The van der Waals surface area contributed by atoms with Crippen molar-refractivity contribution < 1.29 is 34.8 Å². The van der Waals surface area contributed by atoms with Gasteiger partial charge in [0.2, 0.25) is 5.78 Å². The molecule has 1 aromatic rings. The standard InChI is InChI=1S/C24H23N3O7/c1-27(2)18-13-9-11-8-12-10(4-3-7-25)5-6-14(28)16(12)19(29)15(11)21(31)24(13,34)22(32)17(20(18)30)23(26)33/h3-6,11,13,18,28-29,32,34H,8-9H2,1-2H3,(H2,26,33)/b4-3+/t11-,13-,18-,24-/m1/s1. The summed E-state index contributed by atoms with van der Waals surface area (Å²) in [7, 11) is 3.08. The Morgan fingerprint density at radius 1 is 1.26 bits per heavy atom. The molecule has 3 aliphatic carbocycles. The molecule has 0 aromatic heterocycles. The van der Waals surface area contributed by atoms with Crippen LogP contribution in [0.2, 0.25) is 0 Å². The molecule has 0 radical (unpaired) electrons. The predicted octanol–water partition coefficient (Wildman–Crippen LogP) is 0.501. The SMILES string of the molecule is CN(C)[C@H]1C(=O)C(C(N)=O)=C(O)[C@]2(O)C(=O)C3=C(O)c4c(O)ccc(/C=C/C#N)c4C[C@@H]3C[C@H]12. The van der Waals surface area contributed by atoms with Gasteiger partial charge in [-0.25, -0.2) is 0 Å². The van der Waals surface area contributed by atoms with Crippen molar-refractivity contribution in [2.24, 2.45) is 17.6 Å². The second kappa shape index (κ2) is 7.83. The van der Waals surface area contributed by atoms with Gasteiger partial charge >= 0.3 is 0 Å². The largest absolute Gasteiger partial charge is 0.508 e. The summed E-state index contributed by atoms with van der Waals surface area (Å²) in [5.74, 6) is -6.96. The topological polar surface area (TPSA) is 185 Å². The number of rotatable bonds is 3. The highest BCUT2D eigenvalue weighted by Gasteiger charge is 2.64. The highest BCUT2D eigenvalue weighted by molar-refractivity contribution is 6.24. The number of aromatic hydroxyl groups is 1. The third-order valence-electron chi connectivity index (χ3n) is 6.98. The van der Waals surface area contributed by atoms with Gasteiger partial charge in [-0.2, -0.15) is 5.26 Å². The number of benzene rings is 1. The number of aliphatic hydroxyl groups excluding tert-OH is 2. The van der Waals surface area contributed by atoms with Crippen LogP contribution in [0.5, 0.6) is 5.75 Å². The molecule has 0 spiro atoms. The van der Waals surface area contributed by atoms with Crippen LogP contribution in [0.4, 0.5) is 0 Å². The van der Waals surface area contributed by atoms with E-state index in [1.165, 1.54) is 37.2 Å². The average Bonchev–Trinajstić information content (AvgIpc) is 2.75. The van der Waals surface area contributed by atoms with Gasteiger partial charge in [-0.05, 0) is 56.1 Å². The molecule has 0 saturated heterocycles. The molecule has 4 atom stereocenters. The van der Waals surface area contributed by atoms with Gasteiger partial charge in [-0.3, -0.25) is 19.3 Å². The summed E-state index contributed by atoms with van der Waals surface area (Å²) in [5, 5.41) is 52.7. The lowest BCUT2D eigenvalue weighted by molar-refractivity contribution is -0.153. The van der Waals surface area contributed by atoms with E-state index in [9.17, 15) is 34.8 Å². The molecule has 0 unspecified atom stereocenters. The Kier molecular flexibility index (Phi) is 5.35. The van der Waals surface area contributed by atoms with Gasteiger partial charge in [0.15, 0.2) is 11.4 Å². The van der Waals surface area contributed by atoms with E-state index in [1.54, 1.807) is 6.07 Å². The number of carbonyl (C=O) groups is 3. The first kappa shape index (κ1) is 23.2. The first-order valence-electron chi connectivity index (χ1n) is 10.5. The Hall–Kier alpha value is -3.94. The maximum absolute atomic E-state index is 13.7. The van der Waals surface area contributed by atoms with E-state index in [0.29, 0.717) is 11.1 Å². The highest BCUT2D eigenvalue weighted by Crippen LogP contribution is 2.52. The highest BCUT2D eigenvalue weighted by atomic mass is 16.3. The van der Waals surface area contributed by atoms with Crippen LogP contribution in [-0.4, -0.2) is 68.5 Å². The van der Waals surface area contributed by atoms with Gasteiger partial charge in [-0.15, -0.1) is 0 Å². The summed E-state index contributed by atoms with van der Waals surface area (Å²) in [5.41, 5.74) is 2.58. The molecule has 1 saturated carbocycles. The lowest BCUT2D eigenvalue weighted by atomic mass is 9.57. The van der Waals surface area contributed by atoms with Gasteiger partial charge in [0.1, 0.15) is 22.8 Å². The van der Waals surface area contributed by atoms with Crippen molar-refractivity contribution in [1.29, 1.82) is 5.26 Å². The van der Waals surface area contributed by atoms with E-state index in [2.05, 4.69) is 0 Å². The van der Waals surface area contributed by atoms with E-state index in [1.807, 2.05) is 6.07 Å². The van der Waals surface area contributed by atoms with Crippen LogP contribution < -0.4 is 5.73 Å². The summed E-state index contributed by atoms with van der Waals surface area (Å²) in [4.78, 5) is 40.1. The minimum absolute atomic E-state index is 0.00280. The zero-order valence-corrected chi connectivity index (χ0v) is 18.4. The zero-order chi connectivity index (χ0) is 25.1. The number of hydrogen-bond acceptors (Lipinski definition) is 9. The number of hydrogen-bond donors (Lipinski definition) is 5. The van der Waals surface area contributed by atoms with E-state index < -0.39 is 58.0 Å². The smallest absolute Gasteiger partial charge is 0.255 e. The van der Waals surface area contributed by atoms with Gasteiger partial charge in [0, 0.05) is 17.6 Å². The van der Waals surface area contributed by atoms with E-state index >= 15 is 0 Å². The number of allylic oxidation sites excluding steroid dienone is 1. The van der Waals surface area contributed by atoms with Crippen LogP contribution in [0.3, 0.4) is 0 Å². The fourth-order valence-electron chi connectivity index (χ4n) is 5.55. The number of ketones is 2. The summed E-state index contributed by atoms with van der Waals surface area (Å²) in [6.45, 7) is 0. The molecule has 1 amide bonds. The number of fused-ring (bicyclic) bond motifs is 3. The molecule has 10 heteroatoms. The number of phenolic OH excluding ortho intramolecular Hbond substituents is 1. The fourth-order valence-corrected chi connectivity index (χ4v) is 5.55. The number of phenols is 1. The Balaban J connectivity index is 1.98. The molecular weight excluding hydrogens is 442 g/mol. The molecule has 1 fully saturated rings. The third-order valence-corrected chi connectivity index (χ3v) is 6.98. The number of nitrogens with zero attached hydrogens (tertiary/aromatic N) is 2. The monoisotopic (exact) mass is 465 g/mol. The summed E-state index contributed by atoms with van der Waals surface area (Å²) in [6.07, 6.45) is 2.92. The lowest BCUT2D eigenvalue weighted by Gasteiger charge is -2.50. The molecule has 0 aliphatic heterocycles. The van der Waals surface area contributed by atoms with Crippen molar-refractivity contribution in [1.82, 2.24) is 4.90 Å². The molecule has 34 heavy (non-hydrogen) atoms. The maximum atomic E-state index is 13.7. The second-order valence-electron chi connectivity index (χ2n) is 8.95. The van der Waals surface area contributed by atoms with Crippen molar-refractivity contribution in [2.75, 3.05) is 14.1 Å². The van der Waals surface area contributed by atoms with Gasteiger partial charge in [0.25, 0.3) is 5.91 Å². The number of nitriles is 1. The van der Waals surface area contributed by atoms with Gasteiger partial charge < -0.3 is 26.2 Å². The average molecular weight is 465 g/mol. The first-order chi connectivity index (χ1) is 16.0. The number of primary amides is 1. The molecule has 176 valence electrons. The Morgan fingerprint density at radius 2 is 1.94 bits per heavy atom. The molecule has 0 bridgehead atoms. The number of amides is 1. The van der Waals surface area contributed by atoms with Crippen LogP contribution >= 0.6 is 0 Å². The van der Waals surface area contributed by atoms with Crippen LogP contribution in [0.1, 0.15) is 23.1 Å². The molecule has 6 N–H and O–H groups in total. The van der Waals surface area contributed by atoms with Gasteiger partial charge in [0.05, 0.1) is 17.7 Å². The number of carbonyl (C=O) groups excluding carboxylic acids is 3. The number of aliphatic hydroxyl groups is 3. The molecule has 3 aliphatic rings. The number of nitrogens with two attached hydrogens (primary N) is 1. The molecule has 10 nitrogen and oxygen atoms in total. The number of Topliss-reactive ketones (excluding diaryl/α,β-unsaturated/α-hetero) is 2. The fraction of sp³-hybridized carbons (Fsp3) is 0.333. The van der Waals surface area contributed by atoms with Crippen molar-refractivity contribution in [2.45, 2.75) is 24.5 Å². The third kappa shape index (κ3) is 2.98. The number of likely N-dealkylation sites (N-methyl/N-ethyl adjacent to an activating group) is 1. The van der Waals surface area contributed by atoms with Crippen LogP contribution in [-0.2, 0) is 20.8 Å². The van der Waals surface area contributed by atoms with Crippen molar-refractivity contribution in [3.8, 4) is 11.8 Å². The Bertz CT molecular complexity index is 1280. The summed E-state index contributed by atoms with van der Waals surface area (Å²) < 4.78 is 0. The predicted molar refractivity (Wildman–Crippen MR) is 119 cm³/mol. The normalized spacial score (nSPS) is 28.6. The zero-order valence-electron chi connectivity index (χ0n) is 18.4. The van der Waals surface area contributed by atoms with Crippen LogP contribution in [0.15, 0.2) is 35.1 Å². The van der Waals surface area contributed by atoms with Crippen LogP contribution in [0, 0.1) is 23.2 Å². The minimum Gasteiger partial charge on any atom is -0.508 e. The lowest BCUT2D eigenvalue weighted by Crippen LogP contribution is -2.65. The molecule has 4 rings (SSSR count). The van der Waals surface area contributed by atoms with Crippen molar-refractivity contribution >= 4 is 29.3 Å². The first-order valence-corrected chi connectivity index (χ1v) is 10.5. The van der Waals surface area contributed by atoms with Crippen LogP contribution in [0.25, 0.3) is 11.8 Å². The van der Waals surface area contributed by atoms with Gasteiger partial charge in [-0.1, -0.05) is 6.07 Å². The van der Waals surface area contributed by atoms with E-state index in [-0.39, 0.29) is 29.7 Å². The summed E-state index contributed by atoms with van der Waals surface area (Å²) >= 11 is 0. The Morgan fingerprint density at radius 3 is 2.53 bits per heavy atom. The molecular formula is C24H23N3O7. The summed E-state index contributed by atoms with van der Waals surface area (Å²) in [6, 6.07) is 3.62. The second-order valence-corrected chi connectivity index (χ2v) is 8.95. The minimum atomic E-state index is -2.67. The maximum Gasteiger partial charge on any atom is 0.255 e. The van der Waals surface area contributed by atoms with E-state index in [0.717, 1.165) is 0 Å².